The summed E-state index contributed by atoms with van der Waals surface area (Å²) in [5.41, 5.74) is 3.45. The minimum atomic E-state index is -0.430. The molecule has 0 aliphatic heterocycles. The average Bonchev–Trinajstić information content (AvgIpc) is 3.14. The van der Waals surface area contributed by atoms with Crippen molar-refractivity contribution >= 4 is 29.0 Å². The molecule has 0 saturated heterocycles. The Morgan fingerprint density at radius 3 is 2.42 bits per heavy atom. The van der Waals surface area contributed by atoms with Gasteiger partial charge in [-0.15, -0.1) is 0 Å². The van der Waals surface area contributed by atoms with Gasteiger partial charge in [0.15, 0.2) is 0 Å². The van der Waals surface area contributed by atoms with E-state index in [1.165, 1.54) is 12.1 Å². The number of ether oxygens (including phenoxy) is 1. The Morgan fingerprint density at radius 1 is 0.939 bits per heavy atom. The second-order valence-corrected chi connectivity index (χ2v) is 7.44. The van der Waals surface area contributed by atoms with E-state index in [1.807, 2.05) is 26.8 Å². The number of benzene rings is 2. The predicted octanol–water partition coefficient (Wildman–Crippen LogP) is 5.01. The van der Waals surface area contributed by atoms with Gasteiger partial charge in [0.05, 0.1) is 5.69 Å². The highest BCUT2D eigenvalue weighted by molar-refractivity contribution is 5.99. The number of anilines is 4. The third-order valence-corrected chi connectivity index (χ3v) is 4.54. The van der Waals surface area contributed by atoms with Gasteiger partial charge in [-0.2, -0.15) is 10.1 Å². The smallest absolute Gasteiger partial charge is 0.324 e. The first-order valence-corrected chi connectivity index (χ1v) is 10.1. The van der Waals surface area contributed by atoms with E-state index in [1.54, 1.807) is 36.4 Å². The van der Waals surface area contributed by atoms with Crippen molar-refractivity contribution in [2.75, 3.05) is 16.0 Å². The molecular weight excluding hydrogens is 422 g/mol. The zero-order chi connectivity index (χ0) is 23.4. The van der Waals surface area contributed by atoms with Crippen molar-refractivity contribution in [1.82, 2.24) is 20.2 Å². The van der Waals surface area contributed by atoms with Gasteiger partial charge in [0.2, 0.25) is 0 Å². The minimum absolute atomic E-state index is 0.0709. The van der Waals surface area contributed by atoms with Gasteiger partial charge in [0.25, 0.3) is 0 Å². The van der Waals surface area contributed by atoms with Gasteiger partial charge >= 0.3 is 12.0 Å². The zero-order valence-corrected chi connectivity index (χ0v) is 18.3. The Morgan fingerprint density at radius 2 is 1.73 bits per heavy atom. The van der Waals surface area contributed by atoms with E-state index < -0.39 is 6.03 Å². The fourth-order valence-electron chi connectivity index (χ4n) is 3.09. The van der Waals surface area contributed by atoms with Crippen molar-refractivity contribution in [3.05, 3.63) is 71.5 Å². The average molecular weight is 445 g/mol. The zero-order valence-electron chi connectivity index (χ0n) is 18.3. The lowest BCUT2D eigenvalue weighted by Crippen LogP contribution is -2.19. The molecule has 0 unspecified atom stereocenters. The number of H-pyrrole nitrogens is 1. The molecule has 0 fully saturated rings. The number of hydrogen-bond acceptors (Lipinski definition) is 7. The summed E-state index contributed by atoms with van der Waals surface area (Å²) < 4.78 is 5.90. The highest BCUT2D eigenvalue weighted by Crippen LogP contribution is 2.27. The topological polar surface area (TPSA) is 137 Å². The maximum Gasteiger partial charge on any atom is 0.324 e. The number of urea groups is 1. The van der Waals surface area contributed by atoms with Crippen molar-refractivity contribution in [1.29, 1.82) is 0 Å². The molecule has 0 radical (unpaired) electrons. The number of hydrogen-bond donors (Lipinski definition) is 5. The van der Waals surface area contributed by atoms with E-state index >= 15 is 0 Å². The van der Waals surface area contributed by atoms with Crippen LogP contribution in [0.3, 0.4) is 0 Å². The summed E-state index contributed by atoms with van der Waals surface area (Å²) in [7, 11) is 0. The predicted molar refractivity (Wildman–Crippen MR) is 125 cm³/mol. The molecule has 10 nitrogen and oxygen atoms in total. The third kappa shape index (κ3) is 5.76. The number of phenolic OH excluding ortho intramolecular Hbond substituents is 1. The number of aromatic amines is 1. The fraction of sp³-hybridized carbons (Fsp3) is 0.130. The highest BCUT2D eigenvalue weighted by Gasteiger charge is 2.10. The van der Waals surface area contributed by atoms with Crippen LogP contribution in [-0.2, 0) is 0 Å². The number of rotatable bonds is 6. The number of nitrogens with zero attached hydrogens (tertiary/aromatic N) is 3. The largest absolute Gasteiger partial charge is 0.508 e. The maximum atomic E-state index is 12.2. The minimum Gasteiger partial charge on any atom is -0.508 e. The number of carbonyl (C=O) groups excluding carboxylic acids is 1. The number of aromatic nitrogens is 4. The monoisotopic (exact) mass is 445 g/mol. The molecule has 2 aromatic heterocycles. The van der Waals surface area contributed by atoms with Crippen LogP contribution in [0.2, 0.25) is 0 Å². The van der Waals surface area contributed by atoms with Crippen LogP contribution >= 0.6 is 0 Å². The molecule has 0 spiro atoms. The normalized spacial score (nSPS) is 10.5. The molecule has 10 heteroatoms. The molecule has 4 rings (SSSR count). The molecule has 2 aromatic carbocycles. The van der Waals surface area contributed by atoms with Crippen LogP contribution in [0.1, 0.15) is 17.0 Å². The lowest BCUT2D eigenvalue weighted by molar-refractivity contribution is 0.262. The van der Waals surface area contributed by atoms with Gasteiger partial charge in [0.1, 0.15) is 23.1 Å². The number of carbonyl (C=O) groups is 1. The number of aromatic hydroxyl groups is 1. The quantitative estimate of drug-likeness (QED) is 0.281. The van der Waals surface area contributed by atoms with E-state index in [0.29, 0.717) is 28.8 Å². The highest BCUT2D eigenvalue weighted by atomic mass is 16.5. The van der Waals surface area contributed by atoms with Gasteiger partial charge in [-0.3, -0.25) is 5.10 Å². The standard InChI is InChI=1S/C23H23N7O3/c1-13-9-17(26-22(32)25-16-5-4-6-18(31)12-16)7-8-19(13)33-23-24-14(2)10-20(28-23)27-21-11-15(3)29-30-21/h4-12,31H,1-3H3,(H2,25,26,32)(H2,24,27,28,29,30). The summed E-state index contributed by atoms with van der Waals surface area (Å²) in [6.07, 6.45) is 0. The van der Waals surface area contributed by atoms with Crippen LogP contribution in [0.25, 0.3) is 0 Å². The van der Waals surface area contributed by atoms with E-state index in [0.717, 1.165) is 17.0 Å². The summed E-state index contributed by atoms with van der Waals surface area (Å²) in [4.78, 5) is 21.0. The second kappa shape index (κ2) is 9.27. The first kappa shape index (κ1) is 21.6. The molecule has 2 heterocycles. The van der Waals surface area contributed by atoms with Crippen molar-refractivity contribution in [2.45, 2.75) is 20.8 Å². The fourth-order valence-corrected chi connectivity index (χ4v) is 3.09. The summed E-state index contributed by atoms with van der Waals surface area (Å²) >= 11 is 0. The summed E-state index contributed by atoms with van der Waals surface area (Å²) in [5.74, 6) is 1.91. The molecule has 0 aliphatic carbocycles. The maximum absolute atomic E-state index is 12.2. The Labute approximate surface area is 190 Å². The Balaban J connectivity index is 1.43. The van der Waals surface area contributed by atoms with E-state index in [2.05, 4.69) is 36.1 Å². The summed E-state index contributed by atoms with van der Waals surface area (Å²) in [6.45, 7) is 5.60. The molecule has 0 saturated carbocycles. The van der Waals surface area contributed by atoms with E-state index in [-0.39, 0.29) is 11.8 Å². The molecule has 2 amide bonds. The van der Waals surface area contributed by atoms with Crippen LogP contribution in [0.5, 0.6) is 17.5 Å². The Kier molecular flexibility index (Phi) is 6.07. The SMILES string of the molecule is Cc1cc(Nc2cc(C)nc(Oc3ccc(NC(=O)Nc4cccc(O)c4)cc3C)n2)[nH]n1. The van der Waals surface area contributed by atoms with Crippen LogP contribution < -0.4 is 20.7 Å². The lowest BCUT2D eigenvalue weighted by atomic mass is 10.2. The third-order valence-electron chi connectivity index (χ3n) is 4.54. The number of nitrogens with one attached hydrogen (secondary N) is 4. The van der Waals surface area contributed by atoms with Crippen LogP contribution in [0.15, 0.2) is 54.6 Å². The van der Waals surface area contributed by atoms with E-state index in [9.17, 15) is 9.90 Å². The summed E-state index contributed by atoms with van der Waals surface area (Å²) in [5, 5.41) is 25.0. The van der Waals surface area contributed by atoms with Crippen molar-refractivity contribution in [2.24, 2.45) is 0 Å². The van der Waals surface area contributed by atoms with Crippen molar-refractivity contribution in [3.8, 4) is 17.5 Å². The van der Waals surface area contributed by atoms with Gasteiger partial charge in [-0.05, 0) is 56.7 Å². The molecule has 33 heavy (non-hydrogen) atoms. The number of amides is 2. The van der Waals surface area contributed by atoms with Gasteiger partial charge in [-0.25, -0.2) is 9.78 Å². The molecule has 0 aliphatic rings. The van der Waals surface area contributed by atoms with Crippen LogP contribution in [0, 0.1) is 20.8 Å². The van der Waals surface area contributed by atoms with Crippen LogP contribution in [0.4, 0.5) is 27.8 Å². The second-order valence-electron chi connectivity index (χ2n) is 7.44. The Bertz CT molecular complexity index is 1300. The Hall–Kier alpha value is -4.60. The van der Waals surface area contributed by atoms with E-state index in [4.69, 9.17) is 4.74 Å². The first-order chi connectivity index (χ1) is 15.8. The molecular formula is C23H23N7O3. The first-order valence-electron chi connectivity index (χ1n) is 10.1. The summed E-state index contributed by atoms with van der Waals surface area (Å²) in [6, 6.07) is 15.0. The molecule has 0 bridgehead atoms. The van der Waals surface area contributed by atoms with Gasteiger partial charge in [0, 0.05) is 35.3 Å². The molecule has 4 aromatic rings. The van der Waals surface area contributed by atoms with Crippen LogP contribution in [-0.4, -0.2) is 31.3 Å². The van der Waals surface area contributed by atoms with Gasteiger partial charge in [-0.1, -0.05) is 6.07 Å². The van der Waals surface area contributed by atoms with Crippen molar-refractivity contribution in [3.63, 3.8) is 0 Å². The van der Waals surface area contributed by atoms with Crippen molar-refractivity contribution < 1.29 is 14.6 Å². The molecule has 168 valence electrons. The molecule has 0 atom stereocenters. The number of phenols is 1. The lowest BCUT2D eigenvalue weighted by Gasteiger charge is -2.12. The molecule has 5 N–H and O–H groups in total. The van der Waals surface area contributed by atoms with Gasteiger partial charge < -0.3 is 25.8 Å². The number of aryl methyl sites for hydroxylation is 3.